The van der Waals surface area contributed by atoms with E-state index in [0.29, 0.717) is 6.10 Å². The van der Waals surface area contributed by atoms with Crippen LogP contribution >= 0.6 is 22.6 Å². The second-order valence-corrected chi connectivity index (χ2v) is 5.15. The standard InChI is InChI=1S/C12H16INO/c13-11-4-1-3-10(7-11)9-15-12-5-2-6-14-8-12/h1,3-4,7,12,14H,2,5-6,8-9H2. The van der Waals surface area contributed by atoms with Gasteiger partial charge in [0.2, 0.25) is 0 Å². The van der Waals surface area contributed by atoms with Crippen LogP contribution in [-0.2, 0) is 11.3 Å². The van der Waals surface area contributed by atoms with E-state index in [-0.39, 0.29) is 0 Å². The molecule has 0 aromatic heterocycles. The highest BCUT2D eigenvalue weighted by Crippen LogP contribution is 2.12. The van der Waals surface area contributed by atoms with E-state index in [4.69, 9.17) is 4.74 Å². The van der Waals surface area contributed by atoms with Crippen molar-refractivity contribution in [2.75, 3.05) is 13.1 Å². The summed E-state index contributed by atoms with van der Waals surface area (Å²) in [5, 5.41) is 3.36. The van der Waals surface area contributed by atoms with E-state index in [1.807, 2.05) is 0 Å². The summed E-state index contributed by atoms with van der Waals surface area (Å²) in [5.74, 6) is 0. The molecule has 0 amide bonds. The number of benzene rings is 1. The van der Waals surface area contributed by atoms with Gasteiger partial charge in [0.15, 0.2) is 0 Å². The van der Waals surface area contributed by atoms with Crippen LogP contribution < -0.4 is 5.32 Å². The summed E-state index contributed by atoms with van der Waals surface area (Å²) < 4.78 is 7.13. The van der Waals surface area contributed by atoms with Crippen LogP contribution in [0.1, 0.15) is 18.4 Å². The van der Waals surface area contributed by atoms with Crippen LogP contribution in [0.15, 0.2) is 24.3 Å². The van der Waals surface area contributed by atoms with Gasteiger partial charge in [0, 0.05) is 10.1 Å². The van der Waals surface area contributed by atoms with Gasteiger partial charge >= 0.3 is 0 Å². The van der Waals surface area contributed by atoms with Crippen molar-refractivity contribution in [1.82, 2.24) is 5.32 Å². The first-order valence-electron chi connectivity index (χ1n) is 5.41. The van der Waals surface area contributed by atoms with Crippen LogP contribution in [0.4, 0.5) is 0 Å². The summed E-state index contributed by atoms with van der Waals surface area (Å²) in [5.41, 5.74) is 1.27. The van der Waals surface area contributed by atoms with Crippen molar-refractivity contribution in [3.05, 3.63) is 33.4 Å². The number of hydrogen-bond acceptors (Lipinski definition) is 2. The first kappa shape index (κ1) is 11.4. The lowest BCUT2D eigenvalue weighted by atomic mass is 10.1. The van der Waals surface area contributed by atoms with Crippen LogP contribution in [0.5, 0.6) is 0 Å². The Balaban J connectivity index is 1.81. The fraction of sp³-hybridized carbons (Fsp3) is 0.500. The normalized spacial score (nSPS) is 21.5. The van der Waals surface area contributed by atoms with Gasteiger partial charge in [-0.3, -0.25) is 0 Å². The molecule has 82 valence electrons. The van der Waals surface area contributed by atoms with Gasteiger partial charge in [0.1, 0.15) is 0 Å². The Bertz CT molecular complexity index is 310. The number of nitrogens with one attached hydrogen (secondary N) is 1. The minimum Gasteiger partial charge on any atom is -0.372 e. The van der Waals surface area contributed by atoms with Crippen molar-refractivity contribution in [1.29, 1.82) is 0 Å². The number of halogens is 1. The Morgan fingerprint density at radius 1 is 1.47 bits per heavy atom. The number of hydrogen-bond donors (Lipinski definition) is 1. The van der Waals surface area contributed by atoms with Crippen LogP contribution in [0, 0.1) is 3.57 Å². The summed E-state index contributed by atoms with van der Waals surface area (Å²) in [4.78, 5) is 0. The fourth-order valence-electron chi connectivity index (χ4n) is 1.80. The predicted octanol–water partition coefficient (Wildman–Crippen LogP) is 2.56. The Morgan fingerprint density at radius 2 is 2.40 bits per heavy atom. The molecule has 1 heterocycles. The van der Waals surface area contributed by atoms with E-state index in [9.17, 15) is 0 Å². The van der Waals surface area contributed by atoms with Crippen molar-refractivity contribution < 1.29 is 4.74 Å². The molecular formula is C12H16INO. The van der Waals surface area contributed by atoms with Gasteiger partial charge in [-0.1, -0.05) is 12.1 Å². The summed E-state index contributed by atoms with van der Waals surface area (Å²) in [6, 6.07) is 8.49. The first-order valence-corrected chi connectivity index (χ1v) is 6.49. The Kier molecular flexibility index (Phi) is 4.41. The maximum absolute atomic E-state index is 5.86. The molecule has 1 aromatic carbocycles. The van der Waals surface area contributed by atoms with E-state index in [1.54, 1.807) is 0 Å². The average molecular weight is 317 g/mol. The number of ether oxygens (including phenoxy) is 1. The molecule has 0 bridgehead atoms. The number of piperidine rings is 1. The molecule has 2 nitrogen and oxygen atoms in total. The molecule has 3 heteroatoms. The zero-order chi connectivity index (χ0) is 10.5. The minimum absolute atomic E-state index is 0.400. The maximum atomic E-state index is 5.86. The van der Waals surface area contributed by atoms with Crippen molar-refractivity contribution in [2.45, 2.75) is 25.6 Å². The largest absolute Gasteiger partial charge is 0.372 e. The van der Waals surface area contributed by atoms with Gasteiger partial charge in [-0.15, -0.1) is 0 Å². The van der Waals surface area contributed by atoms with Gasteiger partial charge in [0.05, 0.1) is 12.7 Å². The van der Waals surface area contributed by atoms with E-state index < -0.39 is 0 Å². The quantitative estimate of drug-likeness (QED) is 0.865. The lowest BCUT2D eigenvalue weighted by Gasteiger charge is -2.23. The monoisotopic (exact) mass is 317 g/mol. The Labute approximate surface area is 105 Å². The molecule has 0 radical (unpaired) electrons. The average Bonchev–Trinajstić information content (AvgIpc) is 2.28. The van der Waals surface area contributed by atoms with Crippen LogP contribution in [0.2, 0.25) is 0 Å². The van der Waals surface area contributed by atoms with Gasteiger partial charge in [-0.05, 0) is 59.7 Å². The summed E-state index contributed by atoms with van der Waals surface area (Å²) in [6.45, 7) is 2.89. The lowest BCUT2D eigenvalue weighted by molar-refractivity contribution is 0.0253. The second-order valence-electron chi connectivity index (χ2n) is 3.91. The van der Waals surface area contributed by atoms with Crippen molar-refractivity contribution >= 4 is 22.6 Å². The molecule has 1 aliphatic heterocycles. The van der Waals surface area contributed by atoms with Gasteiger partial charge in [-0.2, -0.15) is 0 Å². The highest BCUT2D eigenvalue weighted by Gasteiger charge is 2.12. The molecule has 1 aromatic rings. The minimum atomic E-state index is 0.400. The van der Waals surface area contributed by atoms with Crippen LogP contribution in [0.25, 0.3) is 0 Å². The first-order chi connectivity index (χ1) is 7.34. The topological polar surface area (TPSA) is 21.3 Å². The zero-order valence-corrected chi connectivity index (χ0v) is 10.9. The summed E-state index contributed by atoms with van der Waals surface area (Å²) in [6.07, 6.45) is 2.82. The molecule has 1 saturated heterocycles. The molecule has 0 saturated carbocycles. The molecule has 1 aliphatic rings. The summed E-state index contributed by atoms with van der Waals surface area (Å²) >= 11 is 2.33. The van der Waals surface area contributed by atoms with Gasteiger partial charge < -0.3 is 10.1 Å². The van der Waals surface area contributed by atoms with Gasteiger partial charge in [-0.25, -0.2) is 0 Å². The molecular weight excluding hydrogens is 301 g/mol. The SMILES string of the molecule is Ic1cccc(COC2CCCNC2)c1. The molecule has 1 atom stereocenters. The van der Waals surface area contributed by atoms with Crippen molar-refractivity contribution in [3.63, 3.8) is 0 Å². The zero-order valence-electron chi connectivity index (χ0n) is 8.71. The third-order valence-corrected chi connectivity index (χ3v) is 3.30. The fourth-order valence-corrected chi connectivity index (χ4v) is 2.41. The smallest absolute Gasteiger partial charge is 0.0721 e. The van der Waals surface area contributed by atoms with E-state index in [2.05, 4.69) is 52.2 Å². The molecule has 2 rings (SSSR count). The van der Waals surface area contributed by atoms with Crippen LogP contribution in [-0.4, -0.2) is 19.2 Å². The third kappa shape index (κ3) is 3.74. The van der Waals surface area contributed by atoms with Crippen LogP contribution in [0.3, 0.4) is 0 Å². The molecule has 1 N–H and O–H groups in total. The highest BCUT2D eigenvalue weighted by atomic mass is 127. The third-order valence-electron chi connectivity index (χ3n) is 2.63. The maximum Gasteiger partial charge on any atom is 0.0721 e. The van der Waals surface area contributed by atoms with Crippen molar-refractivity contribution in [3.8, 4) is 0 Å². The number of rotatable bonds is 3. The predicted molar refractivity (Wildman–Crippen MR) is 69.8 cm³/mol. The van der Waals surface area contributed by atoms with E-state index >= 15 is 0 Å². The van der Waals surface area contributed by atoms with E-state index in [0.717, 1.165) is 19.7 Å². The Morgan fingerprint density at radius 3 is 3.13 bits per heavy atom. The molecule has 15 heavy (non-hydrogen) atoms. The molecule has 1 fully saturated rings. The summed E-state index contributed by atoms with van der Waals surface area (Å²) in [7, 11) is 0. The van der Waals surface area contributed by atoms with E-state index in [1.165, 1.54) is 22.0 Å². The Hall–Kier alpha value is -0.130. The molecule has 0 aliphatic carbocycles. The van der Waals surface area contributed by atoms with Gasteiger partial charge in [0.25, 0.3) is 0 Å². The lowest BCUT2D eigenvalue weighted by Crippen LogP contribution is -2.35. The molecule has 0 spiro atoms. The second kappa shape index (κ2) is 5.82. The molecule has 1 unspecified atom stereocenters. The highest BCUT2D eigenvalue weighted by molar-refractivity contribution is 14.1. The van der Waals surface area contributed by atoms with Crippen molar-refractivity contribution in [2.24, 2.45) is 0 Å².